The molecular formula is C17H26O11S2. The Kier molecular flexibility index (Phi) is 10.0. The van der Waals surface area contributed by atoms with Crippen molar-refractivity contribution in [2.24, 2.45) is 0 Å². The average molecular weight is 471 g/mol. The Morgan fingerprint density at radius 1 is 0.800 bits per heavy atom. The third-order valence-corrected chi connectivity index (χ3v) is 6.40. The molecule has 11 nitrogen and oxygen atoms in total. The Hall–Kier alpha value is -1.86. The van der Waals surface area contributed by atoms with Crippen LogP contribution in [-0.4, -0.2) is 81.4 Å². The molecule has 0 aromatic rings. The molecule has 0 aromatic heterocycles. The number of carbonyl (C=O) groups is 4. The van der Waals surface area contributed by atoms with Crippen LogP contribution in [-0.2, 0) is 51.7 Å². The van der Waals surface area contributed by atoms with Gasteiger partial charge < -0.3 is 23.7 Å². The third-order valence-electron chi connectivity index (χ3n) is 3.79. The van der Waals surface area contributed by atoms with Crippen LogP contribution in [0.5, 0.6) is 0 Å². The highest BCUT2D eigenvalue weighted by atomic mass is 33.1. The van der Waals surface area contributed by atoms with Gasteiger partial charge >= 0.3 is 23.9 Å². The maximum absolute atomic E-state index is 11.7. The first-order valence-corrected chi connectivity index (χ1v) is 12.3. The van der Waals surface area contributed by atoms with Crippen molar-refractivity contribution in [2.45, 2.75) is 64.6 Å². The van der Waals surface area contributed by atoms with E-state index < -0.39 is 63.3 Å². The number of hydrogen-bond donors (Lipinski definition) is 0. The van der Waals surface area contributed by atoms with Gasteiger partial charge in [-0.15, -0.1) is 0 Å². The van der Waals surface area contributed by atoms with Crippen molar-refractivity contribution in [1.29, 1.82) is 0 Å². The maximum atomic E-state index is 11.7. The molecule has 0 bridgehead atoms. The molecule has 0 amide bonds. The Bertz CT molecular complexity index is 749. The lowest BCUT2D eigenvalue weighted by Crippen LogP contribution is -2.62. The van der Waals surface area contributed by atoms with Crippen molar-refractivity contribution < 1.29 is 51.3 Å². The van der Waals surface area contributed by atoms with Gasteiger partial charge in [0.1, 0.15) is 12.7 Å². The molecule has 1 aliphatic heterocycles. The van der Waals surface area contributed by atoms with E-state index in [1.165, 1.54) is 6.92 Å². The molecule has 1 rings (SSSR count). The summed E-state index contributed by atoms with van der Waals surface area (Å²) in [4.78, 5) is 46.2. The van der Waals surface area contributed by atoms with Crippen LogP contribution in [0.4, 0.5) is 0 Å². The summed E-state index contributed by atoms with van der Waals surface area (Å²) >= 11 is 0. The molecule has 0 unspecified atom stereocenters. The maximum Gasteiger partial charge on any atom is 0.303 e. The number of esters is 4. The smallest absolute Gasteiger partial charge is 0.303 e. The standard InChI is InChI=1S/C17H26O11S2/c1-9(18)24-8-14-16(26-11(3)20)17(27-12(4)21)15(25-10(2)19)13(28-14)6-7-29-30(5,22)23/h13-17H,6-8H2,1-5H3/t13-,14-,15+,16-,17-/m1/s1. The normalized spacial score (nSPS) is 26.4. The van der Waals surface area contributed by atoms with Gasteiger partial charge in [0.05, 0.1) is 6.10 Å². The zero-order chi connectivity index (χ0) is 23.1. The van der Waals surface area contributed by atoms with Crippen molar-refractivity contribution in [3.63, 3.8) is 0 Å². The SMILES string of the molecule is CC(=O)OC[C@H]1O[C@H](CCSS(C)(=O)=O)[C@H](OC(C)=O)[C@@H](OC(C)=O)[C@@H]1OC(C)=O. The van der Waals surface area contributed by atoms with E-state index >= 15 is 0 Å². The minimum absolute atomic E-state index is 0.0899. The van der Waals surface area contributed by atoms with Crippen LogP contribution in [0.3, 0.4) is 0 Å². The Morgan fingerprint density at radius 3 is 1.70 bits per heavy atom. The Morgan fingerprint density at radius 2 is 1.27 bits per heavy atom. The summed E-state index contributed by atoms with van der Waals surface area (Å²) in [6.07, 6.45) is -4.47. The van der Waals surface area contributed by atoms with Crippen LogP contribution >= 0.6 is 10.8 Å². The molecule has 0 aromatic carbocycles. The zero-order valence-corrected chi connectivity index (χ0v) is 18.9. The van der Waals surface area contributed by atoms with Gasteiger partial charge in [-0.3, -0.25) is 19.2 Å². The second kappa shape index (κ2) is 11.5. The van der Waals surface area contributed by atoms with E-state index in [1.54, 1.807) is 0 Å². The molecule has 1 aliphatic rings. The Balaban J connectivity index is 3.25. The molecule has 5 atom stereocenters. The van der Waals surface area contributed by atoms with Crippen LogP contribution in [0.2, 0.25) is 0 Å². The van der Waals surface area contributed by atoms with Gasteiger partial charge in [0.25, 0.3) is 0 Å². The predicted octanol–water partition coefficient (Wildman–Crippen LogP) is 0.195. The highest BCUT2D eigenvalue weighted by Crippen LogP contribution is 2.31. The number of ether oxygens (including phenoxy) is 5. The van der Waals surface area contributed by atoms with Crippen molar-refractivity contribution in [2.75, 3.05) is 18.6 Å². The van der Waals surface area contributed by atoms with Gasteiger partial charge in [0.15, 0.2) is 27.2 Å². The molecule has 0 saturated carbocycles. The lowest BCUT2D eigenvalue weighted by atomic mass is 9.93. The van der Waals surface area contributed by atoms with Crippen molar-refractivity contribution in [1.82, 2.24) is 0 Å². The second-order valence-corrected chi connectivity index (χ2v) is 11.1. The average Bonchev–Trinajstić information content (AvgIpc) is 2.55. The topological polar surface area (TPSA) is 149 Å². The van der Waals surface area contributed by atoms with Crippen molar-refractivity contribution in [3.05, 3.63) is 0 Å². The molecule has 0 radical (unpaired) electrons. The van der Waals surface area contributed by atoms with Crippen LogP contribution < -0.4 is 0 Å². The zero-order valence-electron chi connectivity index (χ0n) is 17.3. The minimum Gasteiger partial charge on any atom is -0.463 e. The molecule has 0 aliphatic carbocycles. The van der Waals surface area contributed by atoms with Gasteiger partial charge in [-0.1, -0.05) is 0 Å². The van der Waals surface area contributed by atoms with E-state index in [0.29, 0.717) is 10.8 Å². The van der Waals surface area contributed by atoms with E-state index in [4.69, 9.17) is 23.7 Å². The summed E-state index contributed by atoms with van der Waals surface area (Å²) < 4.78 is 49.5. The largest absolute Gasteiger partial charge is 0.463 e. The van der Waals surface area contributed by atoms with Crippen molar-refractivity contribution in [3.8, 4) is 0 Å². The fourth-order valence-corrected chi connectivity index (χ4v) is 4.69. The molecule has 0 spiro atoms. The van der Waals surface area contributed by atoms with Crippen LogP contribution in [0.15, 0.2) is 0 Å². The number of carbonyl (C=O) groups excluding carboxylic acids is 4. The monoisotopic (exact) mass is 470 g/mol. The van der Waals surface area contributed by atoms with Gasteiger partial charge in [0.2, 0.25) is 0 Å². The van der Waals surface area contributed by atoms with Crippen LogP contribution in [0.1, 0.15) is 34.1 Å². The highest BCUT2D eigenvalue weighted by Gasteiger charge is 2.51. The van der Waals surface area contributed by atoms with Crippen LogP contribution in [0, 0.1) is 0 Å². The summed E-state index contributed by atoms with van der Waals surface area (Å²) in [5, 5.41) is 0. The van der Waals surface area contributed by atoms with Gasteiger partial charge in [-0.25, -0.2) is 8.42 Å². The van der Waals surface area contributed by atoms with Gasteiger partial charge in [-0.2, -0.15) is 0 Å². The molecule has 30 heavy (non-hydrogen) atoms. The molecule has 1 saturated heterocycles. The fraction of sp³-hybridized carbons (Fsp3) is 0.765. The lowest BCUT2D eigenvalue weighted by Gasteiger charge is -2.44. The summed E-state index contributed by atoms with van der Waals surface area (Å²) in [5.74, 6) is -2.68. The summed E-state index contributed by atoms with van der Waals surface area (Å²) in [6.45, 7) is 4.24. The molecule has 1 fully saturated rings. The number of rotatable bonds is 9. The van der Waals surface area contributed by atoms with Gasteiger partial charge in [0, 0.05) is 39.7 Å². The first kappa shape index (κ1) is 26.2. The van der Waals surface area contributed by atoms with Crippen LogP contribution in [0.25, 0.3) is 0 Å². The second-order valence-electron chi connectivity index (χ2n) is 6.55. The van der Waals surface area contributed by atoms with E-state index in [2.05, 4.69) is 0 Å². The quantitative estimate of drug-likeness (QED) is 0.257. The van der Waals surface area contributed by atoms with E-state index in [9.17, 15) is 27.6 Å². The van der Waals surface area contributed by atoms with Crippen molar-refractivity contribution >= 4 is 43.5 Å². The minimum atomic E-state index is -3.33. The molecule has 13 heteroatoms. The highest BCUT2D eigenvalue weighted by molar-refractivity contribution is 8.71. The summed E-state index contributed by atoms with van der Waals surface area (Å²) in [6, 6.07) is 0. The molecule has 1 heterocycles. The summed E-state index contributed by atoms with van der Waals surface area (Å²) in [7, 11) is -2.66. The molecule has 172 valence electrons. The first-order valence-electron chi connectivity index (χ1n) is 8.95. The fourth-order valence-electron chi connectivity index (χ4n) is 2.87. The Labute approximate surface area is 178 Å². The van der Waals surface area contributed by atoms with E-state index in [-0.39, 0.29) is 18.8 Å². The third kappa shape index (κ3) is 9.30. The summed E-state index contributed by atoms with van der Waals surface area (Å²) in [5.41, 5.74) is 0. The van der Waals surface area contributed by atoms with E-state index in [0.717, 1.165) is 27.0 Å². The molecule has 0 N–H and O–H groups in total. The lowest BCUT2D eigenvalue weighted by molar-refractivity contribution is -0.252. The first-order chi connectivity index (χ1) is 13.8. The molecular weight excluding hydrogens is 444 g/mol. The number of hydrogen-bond acceptors (Lipinski definition) is 12. The predicted molar refractivity (Wildman–Crippen MR) is 104 cm³/mol. The van der Waals surface area contributed by atoms with Gasteiger partial charge in [-0.05, 0) is 17.2 Å². The van der Waals surface area contributed by atoms with E-state index in [1.807, 2.05) is 0 Å².